The van der Waals surface area contributed by atoms with Crippen molar-refractivity contribution in [2.24, 2.45) is 0 Å². The van der Waals surface area contributed by atoms with Crippen molar-refractivity contribution in [3.8, 4) is 10.6 Å². The van der Waals surface area contributed by atoms with E-state index >= 15 is 0 Å². The van der Waals surface area contributed by atoms with Gasteiger partial charge in [0.15, 0.2) is 6.29 Å². The number of aromatic nitrogens is 1. The number of benzene rings is 1. The van der Waals surface area contributed by atoms with E-state index in [1.807, 2.05) is 23.7 Å². The van der Waals surface area contributed by atoms with Crippen LogP contribution in [0.25, 0.3) is 10.6 Å². The number of aldehydes is 1. The molecule has 0 saturated carbocycles. The van der Waals surface area contributed by atoms with Crippen molar-refractivity contribution >= 4 is 23.3 Å². The molecule has 5 heteroatoms. The number of hydrogen-bond acceptors (Lipinski definition) is 5. The molecular weight excluding hydrogens is 318 g/mol. The third-order valence-electron chi connectivity index (χ3n) is 5.19. The number of likely N-dealkylation sites (tertiary alicyclic amines) is 1. The molecule has 2 aromatic rings. The molecule has 0 radical (unpaired) electrons. The number of thiazole rings is 1. The van der Waals surface area contributed by atoms with Crippen LogP contribution < -0.4 is 4.90 Å². The van der Waals surface area contributed by atoms with E-state index in [9.17, 15) is 4.79 Å². The molecule has 1 aromatic carbocycles. The van der Waals surface area contributed by atoms with Gasteiger partial charge in [0.2, 0.25) is 0 Å². The third-order valence-corrected chi connectivity index (χ3v) is 6.01. The second-order valence-corrected chi connectivity index (χ2v) is 7.62. The van der Waals surface area contributed by atoms with E-state index in [1.165, 1.54) is 38.8 Å². The predicted molar refractivity (Wildman–Crippen MR) is 99.0 cm³/mol. The number of hydrogen-bond donors (Lipinski definition) is 0. The summed E-state index contributed by atoms with van der Waals surface area (Å²) >= 11 is 1.64. The normalized spacial score (nSPS) is 21.5. The van der Waals surface area contributed by atoms with Crippen LogP contribution in [-0.4, -0.2) is 48.4 Å². The topological polar surface area (TPSA) is 36.4 Å². The Hall–Kier alpha value is -1.72. The maximum atomic E-state index is 11.6. The number of carbonyl (C=O) groups excluding carboxylic acids is 1. The van der Waals surface area contributed by atoms with Gasteiger partial charge in [-0.05, 0) is 50.9 Å². The summed E-state index contributed by atoms with van der Waals surface area (Å²) in [6, 6.07) is 6.64. The summed E-state index contributed by atoms with van der Waals surface area (Å²) in [5.74, 6) is 0. The van der Waals surface area contributed by atoms with Crippen LogP contribution in [0.2, 0.25) is 0 Å². The highest BCUT2D eigenvalue weighted by Gasteiger charge is 2.29. The summed E-state index contributed by atoms with van der Waals surface area (Å²) < 4.78 is 0. The molecule has 2 fully saturated rings. The fraction of sp³-hybridized carbons (Fsp3) is 0.474. The fourth-order valence-corrected chi connectivity index (χ4v) is 4.63. The van der Waals surface area contributed by atoms with Crippen molar-refractivity contribution in [3.63, 3.8) is 0 Å². The van der Waals surface area contributed by atoms with Gasteiger partial charge in [0.05, 0.1) is 0 Å². The van der Waals surface area contributed by atoms with E-state index in [2.05, 4.69) is 20.9 Å². The van der Waals surface area contributed by atoms with E-state index in [-0.39, 0.29) is 0 Å². The monoisotopic (exact) mass is 341 g/mol. The Kier molecular flexibility index (Phi) is 4.63. The van der Waals surface area contributed by atoms with E-state index in [0.29, 0.717) is 6.04 Å². The van der Waals surface area contributed by atoms with Gasteiger partial charge in [-0.15, -0.1) is 11.3 Å². The maximum absolute atomic E-state index is 11.6. The van der Waals surface area contributed by atoms with Crippen molar-refractivity contribution in [2.45, 2.75) is 31.7 Å². The number of nitrogens with zero attached hydrogens (tertiary/aromatic N) is 3. The Balaban J connectivity index is 1.63. The lowest BCUT2D eigenvalue weighted by atomic mass is 10.1. The Morgan fingerprint density at radius 2 is 2.08 bits per heavy atom. The van der Waals surface area contributed by atoms with Crippen molar-refractivity contribution < 1.29 is 4.79 Å². The van der Waals surface area contributed by atoms with Gasteiger partial charge >= 0.3 is 0 Å². The van der Waals surface area contributed by atoms with Crippen molar-refractivity contribution in [3.05, 3.63) is 35.3 Å². The standard InChI is InChI=1S/C19H23N3OS/c23-14-16-6-5-15(19-20-7-11-24-19)12-18(16)22-10-3-4-17(22)13-21-8-1-2-9-21/h5-7,11-12,14,17H,1-4,8-10,13H2/t17-/m0/s1. The minimum Gasteiger partial charge on any atom is -0.367 e. The molecule has 0 aliphatic carbocycles. The first-order valence-electron chi connectivity index (χ1n) is 8.83. The minimum absolute atomic E-state index is 0.522. The Morgan fingerprint density at radius 3 is 2.83 bits per heavy atom. The molecule has 1 aromatic heterocycles. The third kappa shape index (κ3) is 3.10. The zero-order valence-corrected chi connectivity index (χ0v) is 14.7. The van der Waals surface area contributed by atoms with E-state index in [4.69, 9.17) is 0 Å². The second-order valence-electron chi connectivity index (χ2n) is 6.73. The van der Waals surface area contributed by atoms with Gasteiger partial charge in [-0.25, -0.2) is 4.98 Å². The first kappa shape index (κ1) is 15.8. The first-order chi connectivity index (χ1) is 11.8. The highest BCUT2D eigenvalue weighted by Crippen LogP contribution is 2.33. The number of carbonyl (C=O) groups is 1. The Labute approximate surface area is 147 Å². The second kappa shape index (κ2) is 7.03. The zero-order chi connectivity index (χ0) is 16.4. The van der Waals surface area contributed by atoms with Crippen LogP contribution in [0.3, 0.4) is 0 Å². The Bertz CT molecular complexity index is 695. The lowest BCUT2D eigenvalue weighted by Crippen LogP contribution is -2.39. The average molecular weight is 341 g/mol. The molecule has 0 N–H and O–H groups in total. The fourth-order valence-electron chi connectivity index (χ4n) is 4.00. The van der Waals surface area contributed by atoms with E-state index < -0.39 is 0 Å². The lowest BCUT2D eigenvalue weighted by Gasteiger charge is -2.31. The van der Waals surface area contributed by atoms with Gasteiger partial charge in [-0.2, -0.15) is 0 Å². The maximum Gasteiger partial charge on any atom is 0.152 e. The highest BCUT2D eigenvalue weighted by atomic mass is 32.1. The molecule has 0 bridgehead atoms. The average Bonchev–Trinajstić information content (AvgIpc) is 3.37. The van der Waals surface area contributed by atoms with E-state index in [0.717, 1.165) is 41.2 Å². The summed E-state index contributed by atoms with van der Waals surface area (Å²) in [5.41, 5.74) is 2.99. The minimum atomic E-state index is 0.522. The molecule has 0 spiro atoms. The molecule has 4 rings (SSSR count). The van der Waals surface area contributed by atoms with Crippen molar-refractivity contribution in [1.82, 2.24) is 9.88 Å². The predicted octanol–water partition coefficient (Wildman–Crippen LogP) is 3.69. The lowest BCUT2D eigenvalue weighted by molar-refractivity contribution is 0.112. The molecule has 24 heavy (non-hydrogen) atoms. The molecule has 2 aliphatic rings. The molecule has 2 saturated heterocycles. The van der Waals surface area contributed by atoms with Crippen LogP contribution in [0.5, 0.6) is 0 Å². The van der Waals surface area contributed by atoms with E-state index in [1.54, 1.807) is 11.3 Å². The van der Waals surface area contributed by atoms with Gasteiger partial charge < -0.3 is 9.80 Å². The van der Waals surface area contributed by atoms with Crippen LogP contribution in [0.4, 0.5) is 5.69 Å². The van der Waals surface area contributed by atoms with Gasteiger partial charge in [0, 0.05) is 47.5 Å². The zero-order valence-electron chi connectivity index (χ0n) is 13.9. The van der Waals surface area contributed by atoms with Gasteiger partial charge in [-0.1, -0.05) is 6.07 Å². The molecule has 1 atom stereocenters. The summed E-state index contributed by atoms with van der Waals surface area (Å²) in [6.45, 7) is 4.62. The van der Waals surface area contributed by atoms with Crippen molar-refractivity contribution in [1.29, 1.82) is 0 Å². The molecule has 126 valence electrons. The number of anilines is 1. The Morgan fingerprint density at radius 1 is 1.21 bits per heavy atom. The van der Waals surface area contributed by atoms with Crippen molar-refractivity contribution in [2.75, 3.05) is 31.1 Å². The van der Waals surface area contributed by atoms with Gasteiger partial charge in [-0.3, -0.25) is 4.79 Å². The molecular formula is C19H23N3OS. The summed E-state index contributed by atoms with van der Waals surface area (Å²) in [5, 5.41) is 3.01. The first-order valence-corrected chi connectivity index (χ1v) is 9.71. The van der Waals surface area contributed by atoms with Crippen LogP contribution in [0.1, 0.15) is 36.0 Å². The quantitative estimate of drug-likeness (QED) is 0.777. The summed E-state index contributed by atoms with van der Waals surface area (Å²) in [4.78, 5) is 21.0. The summed E-state index contributed by atoms with van der Waals surface area (Å²) in [6.07, 6.45) is 7.90. The molecule has 2 aliphatic heterocycles. The number of rotatable bonds is 5. The largest absolute Gasteiger partial charge is 0.367 e. The molecule has 0 unspecified atom stereocenters. The van der Waals surface area contributed by atoms with Gasteiger partial charge in [0.25, 0.3) is 0 Å². The van der Waals surface area contributed by atoms with Crippen LogP contribution in [-0.2, 0) is 0 Å². The molecule has 3 heterocycles. The molecule has 4 nitrogen and oxygen atoms in total. The SMILES string of the molecule is O=Cc1ccc(-c2nccs2)cc1N1CCC[C@H]1CN1CCCC1. The smallest absolute Gasteiger partial charge is 0.152 e. The van der Waals surface area contributed by atoms with Crippen LogP contribution in [0, 0.1) is 0 Å². The highest BCUT2D eigenvalue weighted by molar-refractivity contribution is 7.13. The van der Waals surface area contributed by atoms with Crippen LogP contribution in [0.15, 0.2) is 29.8 Å². The molecule has 0 amide bonds. The van der Waals surface area contributed by atoms with Gasteiger partial charge in [0.1, 0.15) is 5.01 Å². The van der Waals surface area contributed by atoms with Crippen LogP contribution >= 0.6 is 11.3 Å². The summed E-state index contributed by atoms with van der Waals surface area (Å²) in [7, 11) is 0.